The van der Waals surface area contributed by atoms with Gasteiger partial charge in [-0.25, -0.2) is 0 Å². The summed E-state index contributed by atoms with van der Waals surface area (Å²) in [4.78, 5) is 1.81. The minimum atomic E-state index is -4.52. The van der Waals surface area contributed by atoms with Crippen molar-refractivity contribution in [3.05, 3.63) is 52.4 Å². The molecule has 8 heteroatoms. The minimum absolute atomic E-state index is 0.297. The van der Waals surface area contributed by atoms with Crippen molar-refractivity contribution in [1.82, 2.24) is 10.1 Å². The highest BCUT2D eigenvalue weighted by atomic mass is 19.4. The van der Waals surface area contributed by atoms with Crippen molar-refractivity contribution in [2.24, 2.45) is 5.73 Å². The fourth-order valence-corrected chi connectivity index (χ4v) is 3.40. The normalized spacial score (nSPS) is 16.9. The van der Waals surface area contributed by atoms with Crippen LogP contribution in [-0.2, 0) is 6.18 Å². The lowest BCUT2D eigenvalue weighted by Crippen LogP contribution is -2.25. The Morgan fingerprint density at radius 1 is 1.23 bits per heavy atom. The summed E-state index contributed by atoms with van der Waals surface area (Å²) in [7, 11) is 1.76. The molecule has 3 rings (SSSR count). The molecule has 0 aliphatic carbocycles. The quantitative estimate of drug-likeness (QED) is 0.621. The lowest BCUT2D eigenvalue weighted by Gasteiger charge is -2.25. The van der Waals surface area contributed by atoms with Crippen LogP contribution in [0.15, 0.2) is 28.8 Å². The maximum absolute atomic E-state index is 12.8. The summed E-state index contributed by atoms with van der Waals surface area (Å²) >= 11 is 0. The first kappa shape index (κ1) is 23.8. The monoisotopic (exact) mass is 425 g/mol. The van der Waals surface area contributed by atoms with Crippen molar-refractivity contribution in [3.63, 3.8) is 0 Å². The Bertz CT molecular complexity index is 871. The topological polar surface area (TPSA) is 75.5 Å². The molecule has 0 fully saturated rings. The molecule has 1 aliphatic rings. The van der Waals surface area contributed by atoms with Gasteiger partial charge in [-0.3, -0.25) is 4.90 Å². The van der Waals surface area contributed by atoms with Crippen molar-refractivity contribution in [3.8, 4) is 5.75 Å². The summed E-state index contributed by atoms with van der Waals surface area (Å²) in [5.41, 5.74) is 7.12. The maximum Gasteiger partial charge on any atom is 0.416 e. The van der Waals surface area contributed by atoms with Crippen molar-refractivity contribution >= 4 is 5.70 Å². The third-order valence-corrected chi connectivity index (χ3v) is 5.08. The van der Waals surface area contributed by atoms with Crippen LogP contribution in [-0.4, -0.2) is 28.8 Å². The number of nitrogens with zero attached hydrogens (tertiary/aromatic N) is 2. The van der Waals surface area contributed by atoms with Crippen molar-refractivity contribution in [2.75, 3.05) is 13.6 Å². The van der Waals surface area contributed by atoms with Gasteiger partial charge in [0.05, 0.1) is 16.8 Å². The Morgan fingerprint density at radius 2 is 1.87 bits per heavy atom. The minimum Gasteiger partial charge on any atom is -0.508 e. The highest BCUT2D eigenvalue weighted by molar-refractivity contribution is 5.68. The van der Waals surface area contributed by atoms with Crippen LogP contribution in [0.2, 0.25) is 0 Å². The second-order valence-electron chi connectivity index (χ2n) is 7.49. The first-order chi connectivity index (χ1) is 14.1. The molecule has 30 heavy (non-hydrogen) atoms. The van der Waals surface area contributed by atoms with Crippen LogP contribution >= 0.6 is 0 Å². The molecule has 166 valence electrons. The molecule has 0 amide bonds. The average Bonchev–Trinajstić information content (AvgIpc) is 3.01. The number of hydrogen-bond acceptors (Lipinski definition) is 5. The number of halogens is 3. The number of phenolic OH excluding ortho intramolecular Hbond substituents is 1. The Hall–Kier alpha value is -2.48. The molecule has 1 atom stereocenters. The average molecular weight is 425 g/mol. The number of rotatable bonds is 4. The summed E-state index contributed by atoms with van der Waals surface area (Å²) in [6, 6.07) is 2.31. The van der Waals surface area contributed by atoms with Gasteiger partial charge in [0, 0.05) is 17.8 Å². The molecular formula is C22H30F3N3O2. The number of aromatic hydroxyl groups is 1. The molecule has 1 aliphatic heterocycles. The number of phenols is 1. The van der Waals surface area contributed by atoms with E-state index in [0.29, 0.717) is 40.9 Å². The van der Waals surface area contributed by atoms with Crippen LogP contribution in [0.3, 0.4) is 0 Å². The third kappa shape index (κ3) is 5.36. The van der Waals surface area contributed by atoms with Crippen molar-refractivity contribution in [2.45, 2.75) is 58.7 Å². The Kier molecular flexibility index (Phi) is 7.95. The van der Waals surface area contributed by atoms with Gasteiger partial charge in [-0.1, -0.05) is 50.8 Å². The van der Waals surface area contributed by atoms with E-state index in [9.17, 15) is 18.3 Å². The van der Waals surface area contributed by atoms with Crippen LogP contribution in [0, 0.1) is 6.92 Å². The molecule has 2 heterocycles. The smallest absolute Gasteiger partial charge is 0.416 e. The summed E-state index contributed by atoms with van der Waals surface area (Å²) in [6.07, 6.45) is 2.80. The second kappa shape index (κ2) is 10.0. The van der Waals surface area contributed by atoms with Gasteiger partial charge in [-0.2, -0.15) is 13.2 Å². The van der Waals surface area contributed by atoms with Crippen LogP contribution < -0.4 is 5.73 Å². The molecule has 2 aromatic rings. The van der Waals surface area contributed by atoms with Gasteiger partial charge in [0.1, 0.15) is 11.8 Å². The summed E-state index contributed by atoms with van der Waals surface area (Å²) in [6.45, 7) is 6.64. The Labute approximate surface area is 175 Å². The molecule has 0 spiro atoms. The van der Waals surface area contributed by atoms with E-state index in [1.165, 1.54) is 31.7 Å². The van der Waals surface area contributed by atoms with E-state index in [4.69, 9.17) is 10.3 Å². The zero-order valence-corrected chi connectivity index (χ0v) is 17.9. The lowest BCUT2D eigenvalue weighted by atomic mass is 9.97. The van der Waals surface area contributed by atoms with Crippen LogP contribution in [0.5, 0.6) is 5.75 Å². The number of aromatic nitrogens is 1. The predicted molar refractivity (Wildman–Crippen MR) is 111 cm³/mol. The van der Waals surface area contributed by atoms with E-state index < -0.39 is 23.5 Å². The van der Waals surface area contributed by atoms with Crippen molar-refractivity contribution < 1.29 is 22.8 Å². The van der Waals surface area contributed by atoms with E-state index in [0.717, 1.165) is 6.07 Å². The molecule has 3 N–H and O–H groups in total. The predicted octanol–water partition coefficient (Wildman–Crippen LogP) is 5.63. The number of benzene rings is 1. The lowest BCUT2D eigenvalue weighted by molar-refractivity contribution is -0.137. The van der Waals surface area contributed by atoms with E-state index >= 15 is 0 Å². The highest BCUT2D eigenvalue weighted by Gasteiger charge is 2.35. The van der Waals surface area contributed by atoms with Gasteiger partial charge in [-0.15, -0.1) is 0 Å². The van der Waals surface area contributed by atoms with E-state index in [1.54, 1.807) is 20.0 Å². The van der Waals surface area contributed by atoms with Crippen molar-refractivity contribution in [1.29, 1.82) is 0 Å². The van der Waals surface area contributed by atoms with Crippen LogP contribution in [0.25, 0.3) is 5.70 Å². The molecule has 0 saturated heterocycles. The summed E-state index contributed by atoms with van der Waals surface area (Å²) in [5.74, 6) is -0.0570. The first-order valence-electron chi connectivity index (χ1n) is 10.1. The number of aryl methyl sites for hydroxylation is 1. The molecule has 0 bridgehead atoms. The van der Waals surface area contributed by atoms with Gasteiger partial charge in [0.2, 0.25) is 0 Å². The largest absolute Gasteiger partial charge is 0.508 e. The fourth-order valence-electron chi connectivity index (χ4n) is 3.40. The number of fused-ring (bicyclic) bond motifs is 1. The molecular weight excluding hydrogens is 395 g/mol. The van der Waals surface area contributed by atoms with Gasteiger partial charge in [0.25, 0.3) is 0 Å². The molecule has 5 nitrogen and oxygen atoms in total. The summed E-state index contributed by atoms with van der Waals surface area (Å²) in [5, 5.41) is 14.1. The van der Waals surface area contributed by atoms with E-state index in [-0.39, 0.29) is 0 Å². The number of unbranched alkanes of at least 4 members (excludes halogenated alkanes) is 3. The molecule has 0 radical (unpaired) electrons. The SMILES string of the molecule is CCCCCC.Cc1noc2c1C(N)=CCN(C)C2c1ccc(C(F)(F)F)cc1O. The molecule has 0 saturated carbocycles. The van der Waals surface area contributed by atoms with Gasteiger partial charge in [-0.05, 0) is 32.2 Å². The number of nitrogens with two attached hydrogens (primary N) is 1. The van der Waals surface area contributed by atoms with E-state index in [2.05, 4.69) is 19.0 Å². The molecule has 1 unspecified atom stereocenters. The highest BCUT2D eigenvalue weighted by Crippen LogP contribution is 2.41. The fraction of sp³-hybridized carbons (Fsp3) is 0.500. The van der Waals surface area contributed by atoms with Crippen LogP contribution in [0.4, 0.5) is 13.2 Å². The van der Waals surface area contributed by atoms with Crippen LogP contribution in [0.1, 0.15) is 73.7 Å². The second-order valence-corrected chi connectivity index (χ2v) is 7.49. The van der Waals surface area contributed by atoms with E-state index in [1.807, 2.05) is 4.90 Å². The maximum atomic E-state index is 12.8. The van der Waals surface area contributed by atoms with Gasteiger partial charge >= 0.3 is 6.18 Å². The zero-order valence-electron chi connectivity index (χ0n) is 17.9. The molecule has 1 aromatic carbocycles. The summed E-state index contributed by atoms with van der Waals surface area (Å²) < 4.78 is 43.8. The Balaban J connectivity index is 0.000000469. The number of likely N-dealkylation sites (N-methyl/N-ethyl adjacent to an activating group) is 1. The number of hydrogen-bond donors (Lipinski definition) is 2. The molecule has 1 aromatic heterocycles. The van der Waals surface area contributed by atoms with Gasteiger partial charge < -0.3 is 15.4 Å². The number of alkyl halides is 3. The third-order valence-electron chi connectivity index (χ3n) is 5.08. The Morgan fingerprint density at radius 3 is 2.40 bits per heavy atom. The zero-order chi connectivity index (χ0) is 22.5. The van der Waals surface area contributed by atoms with Gasteiger partial charge in [0.15, 0.2) is 5.76 Å². The standard InChI is InChI=1S/C16H16F3N3O2.C6H14/c1-8-13-11(20)5-6-22(2)14(15(13)24-21-8)10-4-3-9(7-12(10)23)16(17,18)19;1-3-5-6-4-2/h3-5,7,14,23H,6,20H2,1-2H3;3-6H2,1-2H3. The first-order valence-corrected chi connectivity index (χ1v) is 10.1.